The summed E-state index contributed by atoms with van der Waals surface area (Å²) in [5.41, 5.74) is 1.94. The Bertz CT molecular complexity index is 861. The number of aliphatic hydroxyl groups excluding tert-OH is 1. The van der Waals surface area contributed by atoms with Crippen molar-refractivity contribution in [2.75, 3.05) is 0 Å². The number of aliphatic hydroxyl groups is 1. The van der Waals surface area contributed by atoms with Crippen LogP contribution in [0.3, 0.4) is 0 Å². The highest BCUT2D eigenvalue weighted by molar-refractivity contribution is 5.94. The molecule has 2 aromatic heterocycles. The zero-order valence-corrected chi connectivity index (χ0v) is 13.4. The van der Waals surface area contributed by atoms with Gasteiger partial charge < -0.3 is 14.9 Å². The molecule has 0 saturated heterocycles. The van der Waals surface area contributed by atoms with Crippen molar-refractivity contribution < 1.29 is 18.8 Å². The number of nitrogens with one attached hydrogen (secondary N) is 1. The van der Waals surface area contributed by atoms with Crippen molar-refractivity contribution in [3.8, 4) is 11.3 Å². The van der Waals surface area contributed by atoms with Gasteiger partial charge in [0.1, 0.15) is 11.5 Å². The number of carbonyl (C=O) groups is 1. The second-order valence-corrected chi connectivity index (χ2v) is 5.50. The van der Waals surface area contributed by atoms with Crippen molar-refractivity contribution in [1.29, 1.82) is 0 Å². The topological polar surface area (TPSA) is 88.2 Å². The minimum Gasteiger partial charge on any atom is -0.388 e. The molecule has 128 valence electrons. The van der Waals surface area contributed by atoms with Crippen molar-refractivity contribution in [2.24, 2.45) is 0 Å². The average molecular weight is 341 g/mol. The SMILES string of the molecule is CC(O)c1c(-c2ccc(F)cc2)noc1C(=O)NCc1cccnc1. The molecule has 0 aliphatic rings. The van der Waals surface area contributed by atoms with Crippen molar-refractivity contribution in [2.45, 2.75) is 19.6 Å². The highest BCUT2D eigenvalue weighted by Gasteiger charge is 2.26. The molecular weight excluding hydrogens is 325 g/mol. The molecule has 0 radical (unpaired) electrons. The Morgan fingerprint density at radius 2 is 2.08 bits per heavy atom. The van der Waals surface area contributed by atoms with Crippen LogP contribution in [0.5, 0.6) is 0 Å². The van der Waals surface area contributed by atoms with Crippen molar-refractivity contribution >= 4 is 5.91 Å². The number of nitrogens with zero attached hydrogens (tertiary/aromatic N) is 2. The fourth-order valence-electron chi connectivity index (χ4n) is 2.43. The summed E-state index contributed by atoms with van der Waals surface area (Å²) in [6.07, 6.45) is 2.30. The smallest absolute Gasteiger partial charge is 0.290 e. The molecule has 1 aromatic carbocycles. The lowest BCUT2D eigenvalue weighted by atomic mass is 10.0. The van der Waals surface area contributed by atoms with Crippen LogP contribution in [0, 0.1) is 5.82 Å². The van der Waals surface area contributed by atoms with E-state index < -0.39 is 12.0 Å². The molecule has 7 heteroatoms. The van der Waals surface area contributed by atoms with Gasteiger partial charge in [-0.05, 0) is 42.8 Å². The van der Waals surface area contributed by atoms with E-state index in [1.807, 2.05) is 6.07 Å². The van der Waals surface area contributed by atoms with E-state index in [4.69, 9.17) is 4.52 Å². The van der Waals surface area contributed by atoms with Gasteiger partial charge in [-0.2, -0.15) is 0 Å². The molecule has 1 amide bonds. The first-order valence-electron chi connectivity index (χ1n) is 7.67. The number of hydrogen-bond donors (Lipinski definition) is 2. The van der Waals surface area contributed by atoms with E-state index in [-0.39, 0.29) is 23.7 Å². The van der Waals surface area contributed by atoms with Crippen LogP contribution in [-0.2, 0) is 6.54 Å². The van der Waals surface area contributed by atoms with Crippen molar-refractivity contribution in [1.82, 2.24) is 15.5 Å². The predicted octanol–water partition coefficient (Wildman–Crippen LogP) is 2.86. The molecule has 1 unspecified atom stereocenters. The fourth-order valence-corrected chi connectivity index (χ4v) is 2.43. The van der Waals surface area contributed by atoms with Gasteiger partial charge in [0.25, 0.3) is 5.91 Å². The molecule has 2 N–H and O–H groups in total. The first-order valence-corrected chi connectivity index (χ1v) is 7.67. The molecule has 0 aliphatic carbocycles. The van der Waals surface area contributed by atoms with E-state index in [1.165, 1.54) is 31.2 Å². The van der Waals surface area contributed by atoms with E-state index in [1.54, 1.807) is 18.5 Å². The summed E-state index contributed by atoms with van der Waals surface area (Å²) in [7, 11) is 0. The molecule has 3 rings (SSSR count). The highest BCUT2D eigenvalue weighted by atomic mass is 19.1. The Balaban J connectivity index is 1.86. The quantitative estimate of drug-likeness (QED) is 0.745. The molecule has 0 fully saturated rings. The molecule has 1 atom stereocenters. The number of pyridine rings is 1. The largest absolute Gasteiger partial charge is 0.388 e. The lowest BCUT2D eigenvalue weighted by Gasteiger charge is -2.08. The summed E-state index contributed by atoms with van der Waals surface area (Å²) >= 11 is 0. The van der Waals surface area contributed by atoms with Gasteiger partial charge >= 0.3 is 0 Å². The number of hydrogen-bond acceptors (Lipinski definition) is 5. The van der Waals surface area contributed by atoms with E-state index in [0.717, 1.165) is 5.56 Å². The summed E-state index contributed by atoms with van der Waals surface area (Å²) in [4.78, 5) is 16.4. The Hall–Kier alpha value is -3.06. The molecule has 25 heavy (non-hydrogen) atoms. The summed E-state index contributed by atoms with van der Waals surface area (Å²) in [6, 6.07) is 9.17. The van der Waals surface area contributed by atoms with Crippen LogP contribution in [0.15, 0.2) is 53.3 Å². The lowest BCUT2D eigenvalue weighted by Crippen LogP contribution is -2.23. The van der Waals surface area contributed by atoms with Crippen LogP contribution >= 0.6 is 0 Å². The van der Waals surface area contributed by atoms with Gasteiger partial charge in [-0.3, -0.25) is 9.78 Å². The zero-order chi connectivity index (χ0) is 17.8. The minimum absolute atomic E-state index is 0.0711. The van der Waals surface area contributed by atoms with Gasteiger partial charge in [0.15, 0.2) is 0 Å². The van der Waals surface area contributed by atoms with E-state index in [0.29, 0.717) is 11.3 Å². The van der Waals surface area contributed by atoms with Crippen molar-refractivity contribution in [3.63, 3.8) is 0 Å². The second kappa shape index (κ2) is 7.23. The van der Waals surface area contributed by atoms with Gasteiger partial charge in [0.05, 0.1) is 11.7 Å². The maximum absolute atomic E-state index is 13.1. The fraction of sp³-hybridized carbons (Fsp3) is 0.167. The Labute approximate surface area is 143 Å². The monoisotopic (exact) mass is 341 g/mol. The third kappa shape index (κ3) is 3.72. The summed E-state index contributed by atoms with van der Waals surface area (Å²) in [5.74, 6) is -0.959. The number of amides is 1. The van der Waals surface area contributed by atoms with Crippen molar-refractivity contribution in [3.05, 3.63) is 71.5 Å². The van der Waals surface area contributed by atoms with Gasteiger partial charge in [0, 0.05) is 24.5 Å². The van der Waals surface area contributed by atoms with Gasteiger partial charge in [-0.25, -0.2) is 4.39 Å². The van der Waals surface area contributed by atoms with Crippen LogP contribution in [0.2, 0.25) is 0 Å². The first kappa shape index (κ1) is 16.8. The highest BCUT2D eigenvalue weighted by Crippen LogP contribution is 2.30. The number of halogens is 1. The van der Waals surface area contributed by atoms with Gasteiger partial charge in [-0.1, -0.05) is 11.2 Å². The summed E-state index contributed by atoms with van der Waals surface area (Å²) < 4.78 is 18.3. The predicted molar refractivity (Wildman–Crippen MR) is 87.9 cm³/mol. The molecule has 6 nitrogen and oxygen atoms in total. The normalized spacial score (nSPS) is 12.0. The summed E-state index contributed by atoms with van der Waals surface area (Å²) in [5, 5.41) is 16.6. The second-order valence-electron chi connectivity index (χ2n) is 5.50. The molecule has 0 aliphatic heterocycles. The van der Waals surface area contributed by atoms with Crippen LogP contribution in [0.4, 0.5) is 4.39 Å². The van der Waals surface area contributed by atoms with Crippen LogP contribution < -0.4 is 5.32 Å². The van der Waals surface area contributed by atoms with Crippen LogP contribution in [-0.4, -0.2) is 21.2 Å². The third-order valence-corrected chi connectivity index (χ3v) is 3.65. The summed E-state index contributed by atoms with van der Waals surface area (Å²) in [6.45, 7) is 1.77. The van der Waals surface area contributed by atoms with E-state index in [9.17, 15) is 14.3 Å². The Morgan fingerprint density at radius 3 is 2.72 bits per heavy atom. The average Bonchev–Trinajstić information content (AvgIpc) is 3.06. The van der Waals surface area contributed by atoms with Gasteiger partial charge in [0.2, 0.25) is 5.76 Å². The minimum atomic E-state index is -0.981. The lowest BCUT2D eigenvalue weighted by molar-refractivity contribution is 0.0905. The van der Waals surface area contributed by atoms with E-state index >= 15 is 0 Å². The molecule has 0 saturated carbocycles. The first-order chi connectivity index (χ1) is 12.1. The number of rotatable bonds is 5. The number of benzene rings is 1. The zero-order valence-electron chi connectivity index (χ0n) is 13.4. The molecular formula is C18H16FN3O3. The number of carbonyl (C=O) groups excluding carboxylic acids is 1. The van der Waals surface area contributed by atoms with Crippen LogP contribution in [0.25, 0.3) is 11.3 Å². The maximum Gasteiger partial charge on any atom is 0.290 e. The Morgan fingerprint density at radius 1 is 1.32 bits per heavy atom. The number of aromatic nitrogens is 2. The standard InChI is InChI=1S/C18H16FN3O3/c1-11(23)15-16(13-4-6-14(19)7-5-13)22-25-17(15)18(24)21-10-12-3-2-8-20-9-12/h2-9,11,23H,10H2,1H3,(H,21,24). The van der Waals surface area contributed by atoms with E-state index in [2.05, 4.69) is 15.5 Å². The molecule has 0 spiro atoms. The maximum atomic E-state index is 13.1. The third-order valence-electron chi connectivity index (χ3n) is 3.65. The Kier molecular flexibility index (Phi) is 4.85. The molecule has 3 aromatic rings. The molecule has 2 heterocycles. The van der Waals surface area contributed by atoms with Crippen LogP contribution in [0.1, 0.15) is 34.7 Å². The molecule has 0 bridgehead atoms. The van der Waals surface area contributed by atoms with Gasteiger partial charge in [-0.15, -0.1) is 0 Å².